The van der Waals surface area contributed by atoms with E-state index in [1.54, 1.807) is 13.0 Å². The van der Waals surface area contributed by atoms with Gasteiger partial charge in [-0.05, 0) is 61.9 Å². The van der Waals surface area contributed by atoms with Crippen LogP contribution >= 0.6 is 0 Å². The van der Waals surface area contributed by atoms with E-state index in [0.717, 1.165) is 5.57 Å². The number of esters is 1. The second kappa shape index (κ2) is 6.71. The number of rotatable bonds is 3. The number of fused-ring (bicyclic) bond motifs is 5. The summed E-state index contributed by atoms with van der Waals surface area (Å²) in [5, 5.41) is 34.8. The molecule has 3 saturated carbocycles. The Morgan fingerprint density at radius 3 is 2.53 bits per heavy atom. The number of ketones is 2. The molecule has 0 radical (unpaired) electrons. The highest BCUT2D eigenvalue weighted by Crippen LogP contribution is 2.69. The fraction of sp³-hybridized carbons (Fsp3) is 0.783. The molecule has 3 N–H and O–H groups in total. The average Bonchev–Trinajstić information content (AvgIpc) is 2.88. The van der Waals surface area contributed by atoms with E-state index in [4.69, 9.17) is 4.74 Å². The first kappa shape index (κ1) is 21.7. The summed E-state index contributed by atoms with van der Waals surface area (Å²) in [6.45, 7) is 4.41. The highest BCUT2D eigenvalue weighted by molar-refractivity contribution is 5.92. The van der Waals surface area contributed by atoms with E-state index in [2.05, 4.69) is 6.92 Å². The number of aliphatic hydroxyl groups excluding tert-OH is 1. The predicted octanol–water partition coefficient (Wildman–Crippen LogP) is 1.47. The maximum Gasteiger partial charge on any atom is 0.303 e. The Kier molecular flexibility index (Phi) is 4.84. The molecule has 4 aliphatic carbocycles. The van der Waals surface area contributed by atoms with Crippen molar-refractivity contribution in [1.82, 2.24) is 0 Å². The molecule has 3 fully saturated rings. The summed E-state index contributed by atoms with van der Waals surface area (Å²) in [6, 6.07) is 0. The lowest BCUT2D eigenvalue weighted by Gasteiger charge is -2.63. The summed E-state index contributed by atoms with van der Waals surface area (Å²) < 4.78 is 4.84. The number of hydrogen-bond donors (Lipinski definition) is 3. The fourth-order valence-corrected chi connectivity index (χ4v) is 7.38. The van der Waals surface area contributed by atoms with Crippen molar-refractivity contribution in [2.45, 2.75) is 83.0 Å². The van der Waals surface area contributed by atoms with Crippen LogP contribution in [0.5, 0.6) is 0 Å². The van der Waals surface area contributed by atoms with Gasteiger partial charge in [-0.3, -0.25) is 14.4 Å². The first-order valence-electron chi connectivity index (χ1n) is 10.9. The first-order chi connectivity index (χ1) is 13.9. The van der Waals surface area contributed by atoms with Crippen LogP contribution in [0.4, 0.5) is 0 Å². The molecule has 0 spiro atoms. The average molecular weight is 421 g/mol. The van der Waals surface area contributed by atoms with Crippen molar-refractivity contribution in [1.29, 1.82) is 0 Å². The van der Waals surface area contributed by atoms with E-state index in [9.17, 15) is 29.7 Å². The van der Waals surface area contributed by atoms with Crippen molar-refractivity contribution in [3.63, 3.8) is 0 Å². The number of aliphatic hydroxyl groups is 3. The Balaban J connectivity index is 1.72. The number of hydrogen-bond acceptors (Lipinski definition) is 7. The Morgan fingerprint density at radius 1 is 1.17 bits per heavy atom. The predicted molar refractivity (Wildman–Crippen MR) is 106 cm³/mol. The smallest absolute Gasteiger partial charge is 0.303 e. The molecule has 7 nitrogen and oxygen atoms in total. The molecule has 0 bridgehead atoms. The van der Waals surface area contributed by atoms with Crippen LogP contribution in [0.1, 0.15) is 65.7 Å². The van der Waals surface area contributed by atoms with Gasteiger partial charge in [-0.1, -0.05) is 19.4 Å². The van der Waals surface area contributed by atoms with Crippen molar-refractivity contribution in [2.75, 3.05) is 6.61 Å². The summed E-state index contributed by atoms with van der Waals surface area (Å²) in [4.78, 5) is 36.0. The molecule has 0 aliphatic heterocycles. The van der Waals surface area contributed by atoms with Crippen molar-refractivity contribution in [3.8, 4) is 0 Å². The number of ether oxygens (including phenoxy) is 1. The summed E-state index contributed by atoms with van der Waals surface area (Å²) in [6.07, 6.45) is 3.59. The maximum absolute atomic E-state index is 12.9. The van der Waals surface area contributed by atoms with Crippen molar-refractivity contribution in [2.24, 2.45) is 22.7 Å². The van der Waals surface area contributed by atoms with E-state index in [-0.39, 0.29) is 42.3 Å². The van der Waals surface area contributed by atoms with Crippen LogP contribution in [-0.4, -0.2) is 56.8 Å². The topological polar surface area (TPSA) is 121 Å². The SMILES string of the molecule is CC(=O)OCC(=O)[C@@]1(O)CC[C@@]2(O)[C@@H]3CCC4=CC(=O)CC[C@]4(C)[C@H]3[C@@H](O)C[C@@]21C. The van der Waals surface area contributed by atoms with Crippen LogP contribution in [0.15, 0.2) is 11.6 Å². The Labute approximate surface area is 176 Å². The molecule has 0 heterocycles. The second-order valence-electron chi connectivity index (χ2n) is 10.3. The van der Waals surface area contributed by atoms with Gasteiger partial charge in [-0.2, -0.15) is 0 Å². The molecule has 0 aromatic rings. The molecule has 0 unspecified atom stereocenters. The van der Waals surface area contributed by atoms with Crippen LogP contribution in [0.2, 0.25) is 0 Å². The zero-order chi connectivity index (χ0) is 22.1. The molecule has 0 aromatic heterocycles. The zero-order valence-electron chi connectivity index (χ0n) is 17.9. The fourth-order valence-electron chi connectivity index (χ4n) is 7.38. The summed E-state index contributed by atoms with van der Waals surface area (Å²) in [5.41, 5.74) is -3.78. The minimum absolute atomic E-state index is 0.0634. The number of allylic oxidation sites excluding steroid dienone is 1. The van der Waals surface area contributed by atoms with E-state index >= 15 is 0 Å². The van der Waals surface area contributed by atoms with Crippen LogP contribution in [-0.2, 0) is 19.1 Å². The van der Waals surface area contributed by atoms with E-state index in [1.165, 1.54) is 6.92 Å². The molecule has 7 atom stereocenters. The van der Waals surface area contributed by atoms with Crippen LogP contribution in [0, 0.1) is 22.7 Å². The van der Waals surface area contributed by atoms with Crippen LogP contribution in [0.25, 0.3) is 0 Å². The third-order valence-electron chi connectivity index (χ3n) is 9.10. The van der Waals surface area contributed by atoms with Gasteiger partial charge in [-0.15, -0.1) is 0 Å². The first-order valence-corrected chi connectivity index (χ1v) is 10.9. The lowest BCUT2D eigenvalue weighted by atomic mass is 9.44. The third-order valence-corrected chi connectivity index (χ3v) is 9.10. The molecule has 4 aliphatic rings. The number of carbonyl (C=O) groups excluding carboxylic acids is 3. The minimum Gasteiger partial charge on any atom is -0.458 e. The van der Waals surface area contributed by atoms with Gasteiger partial charge in [0.25, 0.3) is 0 Å². The summed E-state index contributed by atoms with van der Waals surface area (Å²) in [7, 11) is 0. The van der Waals surface area contributed by atoms with Gasteiger partial charge in [0.2, 0.25) is 5.78 Å². The maximum atomic E-state index is 12.9. The number of carbonyl (C=O) groups is 3. The highest BCUT2D eigenvalue weighted by Gasteiger charge is 2.74. The molecule has 166 valence electrons. The zero-order valence-corrected chi connectivity index (χ0v) is 17.9. The van der Waals surface area contributed by atoms with E-state index in [1.807, 2.05) is 0 Å². The van der Waals surface area contributed by atoms with Crippen molar-refractivity contribution >= 4 is 17.5 Å². The third kappa shape index (κ3) is 2.64. The molecular formula is C23H32O7. The van der Waals surface area contributed by atoms with E-state index in [0.29, 0.717) is 25.7 Å². The van der Waals surface area contributed by atoms with Gasteiger partial charge in [-0.25, -0.2) is 0 Å². The van der Waals surface area contributed by atoms with Gasteiger partial charge in [0.1, 0.15) is 5.60 Å². The Hall–Kier alpha value is -1.57. The molecular weight excluding hydrogens is 388 g/mol. The number of Topliss-reactive ketones (excluding diaryl/α,β-unsaturated/α-hetero) is 1. The van der Waals surface area contributed by atoms with Crippen molar-refractivity contribution in [3.05, 3.63) is 11.6 Å². The second-order valence-corrected chi connectivity index (χ2v) is 10.3. The van der Waals surface area contributed by atoms with Crippen molar-refractivity contribution < 1.29 is 34.4 Å². The normalized spacial score (nSPS) is 47.6. The van der Waals surface area contributed by atoms with Gasteiger partial charge < -0.3 is 20.1 Å². The van der Waals surface area contributed by atoms with Crippen LogP contribution < -0.4 is 0 Å². The molecule has 30 heavy (non-hydrogen) atoms. The Morgan fingerprint density at radius 2 is 1.87 bits per heavy atom. The van der Waals surface area contributed by atoms with E-state index < -0.39 is 41.1 Å². The molecule has 0 amide bonds. The summed E-state index contributed by atoms with van der Waals surface area (Å²) in [5.74, 6) is -1.67. The molecule has 0 saturated heterocycles. The minimum atomic E-state index is -1.87. The standard InChI is InChI=1S/C23H32O7/c1-13(24)30-12-18(27)23(29)9-8-22(28)16-5-4-14-10-15(25)6-7-20(14,2)19(16)17(26)11-21(22,23)3/h10,16-17,19,26,28-29H,4-9,11-12H2,1-3H3/t16-,17+,19-,20+,21+,22-,23+/m1/s1. The molecule has 4 rings (SSSR count). The molecule has 0 aromatic carbocycles. The largest absolute Gasteiger partial charge is 0.458 e. The lowest BCUT2D eigenvalue weighted by Crippen LogP contribution is -2.69. The van der Waals surface area contributed by atoms with Gasteiger partial charge in [0, 0.05) is 18.8 Å². The Bertz CT molecular complexity index is 833. The lowest BCUT2D eigenvalue weighted by molar-refractivity contribution is -0.243. The highest BCUT2D eigenvalue weighted by atomic mass is 16.5. The van der Waals surface area contributed by atoms with Crippen LogP contribution in [0.3, 0.4) is 0 Å². The quantitative estimate of drug-likeness (QED) is 0.591. The summed E-state index contributed by atoms with van der Waals surface area (Å²) >= 11 is 0. The van der Waals surface area contributed by atoms with Gasteiger partial charge in [0.15, 0.2) is 12.4 Å². The monoisotopic (exact) mass is 420 g/mol. The van der Waals surface area contributed by atoms with Gasteiger partial charge in [0.05, 0.1) is 11.7 Å². The molecule has 7 heteroatoms. The van der Waals surface area contributed by atoms with Gasteiger partial charge >= 0.3 is 5.97 Å².